The molecule has 1 rings (SSSR count). The smallest absolute Gasteiger partial charge is 0.106 e. The van der Waals surface area contributed by atoms with Gasteiger partial charge in [-0.25, -0.2) is 0 Å². The van der Waals surface area contributed by atoms with E-state index in [1.54, 1.807) is 7.11 Å². The van der Waals surface area contributed by atoms with Gasteiger partial charge >= 0.3 is 0 Å². The van der Waals surface area contributed by atoms with Crippen LogP contribution in [0.5, 0.6) is 0 Å². The molecule has 0 aromatic heterocycles. The van der Waals surface area contributed by atoms with Crippen molar-refractivity contribution < 1.29 is 4.84 Å². The highest BCUT2D eigenvalue weighted by molar-refractivity contribution is 5.56. The van der Waals surface area contributed by atoms with Gasteiger partial charge in [0.1, 0.15) is 7.11 Å². The standard InChI is InChI=1S/C8H15NO/c1-10-9-7-3-2-4-8-5-6-8/h7-8H,2-6H2,1H3. The number of rotatable bonds is 5. The lowest BCUT2D eigenvalue weighted by Crippen LogP contribution is -1.80. The average molecular weight is 141 g/mol. The van der Waals surface area contributed by atoms with Crippen molar-refractivity contribution in [3.8, 4) is 0 Å². The van der Waals surface area contributed by atoms with E-state index in [2.05, 4.69) is 9.99 Å². The van der Waals surface area contributed by atoms with E-state index in [1.165, 1.54) is 25.7 Å². The molecule has 0 aromatic carbocycles. The van der Waals surface area contributed by atoms with E-state index in [4.69, 9.17) is 0 Å². The Kier molecular flexibility index (Phi) is 3.27. The molecule has 1 aliphatic carbocycles. The van der Waals surface area contributed by atoms with Gasteiger partial charge in [-0.1, -0.05) is 24.4 Å². The van der Waals surface area contributed by atoms with Crippen LogP contribution in [0.15, 0.2) is 5.16 Å². The lowest BCUT2D eigenvalue weighted by molar-refractivity contribution is 0.214. The fourth-order valence-corrected chi connectivity index (χ4v) is 1.03. The second kappa shape index (κ2) is 4.31. The van der Waals surface area contributed by atoms with Gasteiger partial charge in [-0.2, -0.15) is 0 Å². The predicted molar refractivity (Wildman–Crippen MR) is 42.1 cm³/mol. The maximum absolute atomic E-state index is 4.53. The van der Waals surface area contributed by atoms with Crippen LogP contribution in [0.2, 0.25) is 0 Å². The number of unbranched alkanes of at least 4 members (excludes halogenated alkanes) is 1. The van der Waals surface area contributed by atoms with E-state index >= 15 is 0 Å². The van der Waals surface area contributed by atoms with Crippen molar-refractivity contribution in [1.82, 2.24) is 0 Å². The first-order valence-electron chi connectivity index (χ1n) is 3.98. The van der Waals surface area contributed by atoms with Crippen LogP contribution in [0.4, 0.5) is 0 Å². The second-order valence-corrected chi connectivity index (χ2v) is 2.84. The molecule has 0 amide bonds. The van der Waals surface area contributed by atoms with E-state index in [1.807, 2.05) is 6.21 Å². The van der Waals surface area contributed by atoms with Crippen LogP contribution in [-0.4, -0.2) is 13.3 Å². The third kappa shape index (κ3) is 3.49. The Bertz CT molecular complexity index is 108. The van der Waals surface area contributed by atoms with Gasteiger partial charge in [0, 0.05) is 6.21 Å². The summed E-state index contributed by atoms with van der Waals surface area (Å²) in [6.07, 6.45) is 8.50. The summed E-state index contributed by atoms with van der Waals surface area (Å²) >= 11 is 0. The van der Waals surface area contributed by atoms with Gasteiger partial charge in [0.25, 0.3) is 0 Å². The van der Waals surface area contributed by atoms with Gasteiger partial charge in [-0.05, 0) is 18.8 Å². The molecule has 2 heteroatoms. The van der Waals surface area contributed by atoms with E-state index in [0.29, 0.717) is 0 Å². The highest BCUT2D eigenvalue weighted by Crippen LogP contribution is 2.33. The predicted octanol–water partition coefficient (Wildman–Crippen LogP) is 2.20. The van der Waals surface area contributed by atoms with Crippen molar-refractivity contribution >= 4 is 6.21 Å². The fraction of sp³-hybridized carbons (Fsp3) is 0.875. The van der Waals surface area contributed by atoms with Gasteiger partial charge in [-0.3, -0.25) is 0 Å². The van der Waals surface area contributed by atoms with Crippen LogP contribution in [0.1, 0.15) is 32.1 Å². The highest BCUT2D eigenvalue weighted by Gasteiger charge is 2.19. The molecule has 0 unspecified atom stereocenters. The molecule has 0 spiro atoms. The largest absolute Gasteiger partial charge is 0.399 e. The van der Waals surface area contributed by atoms with Crippen LogP contribution in [0, 0.1) is 5.92 Å². The molecule has 0 N–H and O–H groups in total. The molecule has 1 fully saturated rings. The quantitative estimate of drug-likeness (QED) is 0.327. The zero-order valence-electron chi connectivity index (χ0n) is 6.55. The van der Waals surface area contributed by atoms with E-state index in [0.717, 1.165) is 12.3 Å². The van der Waals surface area contributed by atoms with E-state index < -0.39 is 0 Å². The van der Waals surface area contributed by atoms with Crippen molar-refractivity contribution in [2.24, 2.45) is 11.1 Å². The molecule has 0 saturated heterocycles. The van der Waals surface area contributed by atoms with Crippen LogP contribution < -0.4 is 0 Å². The number of hydrogen-bond donors (Lipinski definition) is 0. The maximum Gasteiger partial charge on any atom is 0.106 e. The minimum Gasteiger partial charge on any atom is -0.399 e. The Morgan fingerprint density at radius 1 is 1.60 bits per heavy atom. The summed E-state index contributed by atoms with van der Waals surface area (Å²) < 4.78 is 0. The molecule has 0 aromatic rings. The number of nitrogens with zero attached hydrogens (tertiary/aromatic N) is 1. The third-order valence-corrected chi connectivity index (χ3v) is 1.82. The lowest BCUT2D eigenvalue weighted by atomic mass is 10.2. The van der Waals surface area contributed by atoms with Crippen LogP contribution >= 0.6 is 0 Å². The van der Waals surface area contributed by atoms with Crippen molar-refractivity contribution in [3.63, 3.8) is 0 Å². The van der Waals surface area contributed by atoms with E-state index in [-0.39, 0.29) is 0 Å². The fourth-order valence-electron chi connectivity index (χ4n) is 1.03. The summed E-state index contributed by atoms with van der Waals surface area (Å²) in [4.78, 5) is 4.53. The monoisotopic (exact) mass is 141 g/mol. The van der Waals surface area contributed by atoms with Crippen molar-refractivity contribution in [3.05, 3.63) is 0 Å². The Hall–Kier alpha value is -0.530. The Balaban J connectivity index is 1.80. The minimum atomic E-state index is 1.05. The van der Waals surface area contributed by atoms with Gasteiger partial charge in [0.05, 0.1) is 0 Å². The SMILES string of the molecule is CON=CCCCC1CC1. The summed E-state index contributed by atoms with van der Waals surface area (Å²) in [6.45, 7) is 0. The van der Waals surface area contributed by atoms with Crippen LogP contribution in [0.25, 0.3) is 0 Å². The van der Waals surface area contributed by atoms with E-state index in [9.17, 15) is 0 Å². The Labute approximate surface area is 62.3 Å². The maximum atomic E-state index is 4.53. The molecule has 0 aliphatic heterocycles. The molecule has 1 saturated carbocycles. The molecular formula is C8H15NO. The molecular weight excluding hydrogens is 126 g/mol. The second-order valence-electron chi connectivity index (χ2n) is 2.84. The van der Waals surface area contributed by atoms with Gasteiger partial charge in [0.2, 0.25) is 0 Å². The summed E-state index contributed by atoms with van der Waals surface area (Å²) in [5.41, 5.74) is 0. The average Bonchev–Trinajstić information content (AvgIpc) is 2.71. The van der Waals surface area contributed by atoms with Gasteiger partial charge < -0.3 is 4.84 Å². The summed E-state index contributed by atoms with van der Waals surface area (Å²) in [7, 11) is 1.58. The molecule has 2 nitrogen and oxygen atoms in total. The molecule has 0 radical (unpaired) electrons. The zero-order valence-corrected chi connectivity index (χ0v) is 6.55. The Morgan fingerprint density at radius 2 is 2.40 bits per heavy atom. The molecule has 10 heavy (non-hydrogen) atoms. The number of oxime groups is 1. The van der Waals surface area contributed by atoms with Crippen molar-refractivity contribution in [2.45, 2.75) is 32.1 Å². The molecule has 0 heterocycles. The topological polar surface area (TPSA) is 21.6 Å². The number of hydrogen-bond acceptors (Lipinski definition) is 2. The molecule has 58 valence electrons. The first kappa shape index (κ1) is 7.58. The first-order chi connectivity index (χ1) is 4.93. The summed E-state index contributed by atoms with van der Waals surface area (Å²) in [5.74, 6) is 1.05. The van der Waals surface area contributed by atoms with Gasteiger partial charge in [-0.15, -0.1) is 0 Å². The molecule has 0 atom stereocenters. The summed E-state index contributed by atoms with van der Waals surface area (Å²) in [6, 6.07) is 0. The third-order valence-electron chi connectivity index (χ3n) is 1.82. The highest BCUT2D eigenvalue weighted by atomic mass is 16.6. The van der Waals surface area contributed by atoms with Crippen LogP contribution in [0.3, 0.4) is 0 Å². The Morgan fingerprint density at radius 3 is 3.00 bits per heavy atom. The zero-order chi connectivity index (χ0) is 7.23. The van der Waals surface area contributed by atoms with Crippen LogP contribution in [-0.2, 0) is 4.84 Å². The minimum absolute atomic E-state index is 1.05. The first-order valence-corrected chi connectivity index (χ1v) is 3.98. The van der Waals surface area contributed by atoms with Gasteiger partial charge in [0.15, 0.2) is 0 Å². The molecule has 1 aliphatic rings. The van der Waals surface area contributed by atoms with Crippen molar-refractivity contribution in [1.29, 1.82) is 0 Å². The molecule has 0 bridgehead atoms. The lowest BCUT2D eigenvalue weighted by Gasteiger charge is -1.91. The normalized spacial score (nSPS) is 18.1. The summed E-state index contributed by atoms with van der Waals surface area (Å²) in [5, 5.41) is 3.66. The van der Waals surface area contributed by atoms with Crippen molar-refractivity contribution in [2.75, 3.05) is 7.11 Å².